The molecule has 0 aliphatic rings. The molecule has 0 fully saturated rings. The third kappa shape index (κ3) is 2.66. The fourth-order valence-electron chi connectivity index (χ4n) is 1.72. The number of likely N-dealkylation sites (N-methyl/N-ethyl adjacent to an activating group) is 1. The summed E-state index contributed by atoms with van der Waals surface area (Å²) >= 11 is 0. The molecule has 0 aromatic heterocycles. The molecular weight excluding hydrogens is 176 g/mol. The van der Waals surface area contributed by atoms with Crippen molar-refractivity contribution in [3.05, 3.63) is 12.2 Å². The molecule has 0 saturated heterocycles. The van der Waals surface area contributed by atoms with Crippen molar-refractivity contribution in [1.82, 2.24) is 0 Å². The third-order valence-corrected chi connectivity index (χ3v) is 3.00. The van der Waals surface area contributed by atoms with Gasteiger partial charge in [-0.25, -0.2) is 4.79 Å². The van der Waals surface area contributed by atoms with Gasteiger partial charge in [0.2, 0.25) is 0 Å². The van der Waals surface area contributed by atoms with Crippen LogP contribution in [0.4, 0.5) is 0 Å². The van der Waals surface area contributed by atoms with E-state index in [0.717, 1.165) is 19.6 Å². The smallest absolute Gasteiger partial charge is 0.330 e. The van der Waals surface area contributed by atoms with Crippen LogP contribution < -0.4 is 5.73 Å². The minimum atomic E-state index is 0.156. The van der Waals surface area contributed by atoms with Crippen LogP contribution in [-0.2, 0) is 4.79 Å². The number of hydrogen-bond donors (Lipinski definition) is 1. The number of quaternary nitrogens is 1. The van der Waals surface area contributed by atoms with Gasteiger partial charge in [0.1, 0.15) is 0 Å². The van der Waals surface area contributed by atoms with E-state index in [1.165, 1.54) is 0 Å². The van der Waals surface area contributed by atoms with Crippen molar-refractivity contribution >= 4 is 5.91 Å². The molecule has 0 rings (SSSR count). The lowest BCUT2D eigenvalue weighted by Crippen LogP contribution is -2.53. The molecule has 0 atom stereocenters. The van der Waals surface area contributed by atoms with Crippen molar-refractivity contribution in [3.63, 3.8) is 0 Å². The zero-order valence-electron chi connectivity index (χ0n) is 9.68. The standard InChI is InChI=1S/C11H23N2O/c1-5-13(6-2,7-3)11(14)10(4)8-9-12/h4-9,12H2,1-3H3/q+1. The number of carbonyl (C=O) groups is 1. The summed E-state index contributed by atoms with van der Waals surface area (Å²) < 4.78 is 0.499. The number of nitrogens with zero attached hydrogens (tertiary/aromatic N) is 1. The Balaban J connectivity index is 4.67. The normalized spacial score (nSPS) is 11.4. The van der Waals surface area contributed by atoms with Crippen LogP contribution >= 0.6 is 0 Å². The molecule has 0 radical (unpaired) electrons. The van der Waals surface area contributed by atoms with E-state index < -0.39 is 0 Å². The van der Waals surface area contributed by atoms with Gasteiger partial charge in [0.15, 0.2) is 0 Å². The summed E-state index contributed by atoms with van der Waals surface area (Å²) in [4.78, 5) is 12.1. The summed E-state index contributed by atoms with van der Waals surface area (Å²) in [5.41, 5.74) is 6.08. The highest BCUT2D eigenvalue weighted by molar-refractivity contribution is 5.87. The van der Waals surface area contributed by atoms with Gasteiger partial charge in [-0.15, -0.1) is 0 Å². The van der Waals surface area contributed by atoms with Crippen LogP contribution in [0.15, 0.2) is 12.2 Å². The van der Waals surface area contributed by atoms with E-state index in [-0.39, 0.29) is 5.91 Å². The Kier molecular flexibility index (Phi) is 5.65. The van der Waals surface area contributed by atoms with Gasteiger partial charge < -0.3 is 5.73 Å². The quantitative estimate of drug-likeness (QED) is 0.517. The van der Waals surface area contributed by atoms with E-state index >= 15 is 0 Å². The zero-order chi connectivity index (χ0) is 11.2. The Hall–Kier alpha value is -0.670. The minimum absolute atomic E-state index is 0.156. The number of hydrogen-bond acceptors (Lipinski definition) is 2. The van der Waals surface area contributed by atoms with Gasteiger partial charge in [0, 0.05) is 0 Å². The molecule has 3 heteroatoms. The predicted molar refractivity (Wildman–Crippen MR) is 59.7 cm³/mol. The molecule has 0 aromatic carbocycles. The average molecular weight is 199 g/mol. The summed E-state index contributed by atoms with van der Waals surface area (Å²) in [5.74, 6) is 0.156. The second-order valence-corrected chi connectivity index (χ2v) is 3.54. The van der Waals surface area contributed by atoms with Crippen LogP contribution in [-0.4, -0.2) is 36.6 Å². The topological polar surface area (TPSA) is 43.1 Å². The van der Waals surface area contributed by atoms with Gasteiger partial charge in [0.25, 0.3) is 0 Å². The molecule has 0 unspecified atom stereocenters. The predicted octanol–water partition coefficient (Wildman–Crippen LogP) is 1.29. The first-order valence-electron chi connectivity index (χ1n) is 5.36. The van der Waals surface area contributed by atoms with E-state index in [1.54, 1.807) is 0 Å². The highest BCUT2D eigenvalue weighted by Gasteiger charge is 2.32. The van der Waals surface area contributed by atoms with Crippen molar-refractivity contribution < 1.29 is 9.28 Å². The molecule has 0 heterocycles. The SMILES string of the molecule is C=C(CCN)C(=O)[N+](CC)(CC)CC. The van der Waals surface area contributed by atoms with E-state index in [1.807, 2.05) is 20.8 Å². The Labute approximate surface area is 87.2 Å². The zero-order valence-corrected chi connectivity index (χ0v) is 9.68. The van der Waals surface area contributed by atoms with E-state index in [0.29, 0.717) is 23.0 Å². The van der Waals surface area contributed by atoms with Crippen LogP contribution in [0.1, 0.15) is 27.2 Å². The maximum Gasteiger partial charge on any atom is 0.341 e. The van der Waals surface area contributed by atoms with E-state index in [9.17, 15) is 4.79 Å². The number of nitrogens with two attached hydrogens (primary N) is 1. The third-order valence-electron chi connectivity index (χ3n) is 3.00. The molecule has 0 aromatic rings. The highest BCUT2D eigenvalue weighted by Crippen LogP contribution is 2.13. The largest absolute Gasteiger partial charge is 0.341 e. The van der Waals surface area contributed by atoms with Crippen LogP contribution in [0.5, 0.6) is 0 Å². The molecule has 3 nitrogen and oxygen atoms in total. The van der Waals surface area contributed by atoms with Crippen molar-refractivity contribution in [3.8, 4) is 0 Å². The number of amides is 1. The van der Waals surface area contributed by atoms with Gasteiger partial charge in [-0.3, -0.25) is 4.48 Å². The number of carbonyl (C=O) groups excluding carboxylic acids is 1. The van der Waals surface area contributed by atoms with Gasteiger partial charge in [-0.05, 0) is 33.7 Å². The van der Waals surface area contributed by atoms with Crippen LogP contribution in [0, 0.1) is 0 Å². The molecule has 14 heavy (non-hydrogen) atoms. The first-order chi connectivity index (χ1) is 6.57. The summed E-state index contributed by atoms with van der Waals surface area (Å²) in [6.45, 7) is 12.9. The molecule has 0 aliphatic heterocycles. The van der Waals surface area contributed by atoms with Gasteiger partial charge in [0.05, 0.1) is 25.2 Å². The Morgan fingerprint density at radius 1 is 1.21 bits per heavy atom. The molecule has 0 bridgehead atoms. The molecule has 82 valence electrons. The van der Waals surface area contributed by atoms with Crippen molar-refractivity contribution in [2.24, 2.45) is 5.73 Å². The summed E-state index contributed by atoms with van der Waals surface area (Å²) in [7, 11) is 0. The van der Waals surface area contributed by atoms with Crippen LogP contribution in [0.2, 0.25) is 0 Å². The molecule has 1 amide bonds. The molecular formula is C11H23N2O+. The van der Waals surface area contributed by atoms with Crippen LogP contribution in [0.25, 0.3) is 0 Å². The first kappa shape index (κ1) is 13.3. The molecule has 2 N–H and O–H groups in total. The fourth-order valence-corrected chi connectivity index (χ4v) is 1.72. The molecule has 0 spiro atoms. The van der Waals surface area contributed by atoms with Crippen LogP contribution in [0.3, 0.4) is 0 Å². The van der Waals surface area contributed by atoms with Crippen molar-refractivity contribution in [1.29, 1.82) is 0 Å². The second kappa shape index (κ2) is 5.94. The first-order valence-corrected chi connectivity index (χ1v) is 5.36. The minimum Gasteiger partial charge on any atom is -0.330 e. The van der Waals surface area contributed by atoms with E-state index in [2.05, 4.69) is 6.58 Å². The Bertz CT molecular complexity index is 199. The lowest BCUT2D eigenvalue weighted by Gasteiger charge is -2.33. The maximum atomic E-state index is 12.1. The monoisotopic (exact) mass is 199 g/mol. The highest BCUT2D eigenvalue weighted by atomic mass is 16.2. The molecule has 0 saturated carbocycles. The van der Waals surface area contributed by atoms with E-state index in [4.69, 9.17) is 5.73 Å². The van der Waals surface area contributed by atoms with Crippen molar-refractivity contribution in [2.45, 2.75) is 27.2 Å². The summed E-state index contributed by atoms with van der Waals surface area (Å²) in [6.07, 6.45) is 0.610. The van der Waals surface area contributed by atoms with Gasteiger partial charge in [-0.2, -0.15) is 0 Å². The summed E-state index contributed by atoms with van der Waals surface area (Å²) in [5, 5.41) is 0. The van der Waals surface area contributed by atoms with Gasteiger partial charge in [-0.1, -0.05) is 6.58 Å². The number of rotatable bonds is 6. The molecule has 0 aliphatic carbocycles. The summed E-state index contributed by atoms with van der Waals surface area (Å²) in [6, 6.07) is 0. The fraction of sp³-hybridized carbons (Fsp3) is 0.727. The van der Waals surface area contributed by atoms with Crippen molar-refractivity contribution in [2.75, 3.05) is 26.2 Å². The lowest BCUT2D eigenvalue weighted by molar-refractivity contribution is -0.847. The average Bonchev–Trinajstić information content (AvgIpc) is 2.21. The maximum absolute atomic E-state index is 12.1. The second-order valence-electron chi connectivity index (χ2n) is 3.54. The van der Waals surface area contributed by atoms with Gasteiger partial charge >= 0.3 is 5.91 Å². The Morgan fingerprint density at radius 3 is 1.93 bits per heavy atom. The Morgan fingerprint density at radius 2 is 1.64 bits per heavy atom. The lowest BCUT2D eigenvalue weighted by atomic mass is 10.1.